The van der Waals surface area contributed by atoms with Gasteiger partial charge < -0.3 is 10.1 Å². The summed E-state index contributed by atoms with van der Waals surface area (Å²) in [5, 5.41) is 11.3. The fourth-order valence-corrected chi connectivity index (χ4v) is 1.64. The number of nitrogens with zero attached hydrogens (tertiary/aromatic N) is 1. The van der Waals surface area contributed by atoms with Gasteiger partial charge in [-0.3, -0.25) is 4.79 Å². The standard InChI is InChI=1S/C15H11FN2O2/c1-20-14-7-4-11(8-13(14)16)15(19)18-12-5-2-10(9-17)3-6-12/h2-8H,1H3,(H,18,19). The van der Waals surface area contributed by atoms with E-state index < -0.39 is 11.7 Å². The number of carbonyl (C=O) groups is 1. The second kappa shape index (κ2) is 5.85. The van der Waals surface area contributed by atoms with Crippen LogP contribution in [0.3, 0.4) is 0 Å². The molecular formula is C15H11FN2O2. The number of hydrogen-bond acceptors (Lipinski definition) is 3. The molecule has 0 saturated carbocycles. The van der Waals surface area contributed by atoms with Gasteiger partial charge in [-0.15, -0.1) is 0 Å². The van der Waals surface area contributed by atoms with E-state index in [0.29, 0.717) is 11.3 Å². The van der Waals surface area contributed by atoms with Crippen LogP contribution in [0.15, 0.2) is 42.5 Å². The zero-order valence-electron chi connectivity index (χ0n) is 10.7. The first-order valence-electron chi connectivity index (χ1n) is 5.79. The predicted octanol–water partition coefficient (Wildman–Crippen LogP) is 2.96. The van der Waals surface area contributed by atoms with E-state index in [-0.39, 0.29) is 11.3 Å². The molecule has 0 fully saturated rings. The lowest BCUT2D eigenvalue weighted by atomic mass is 10.1. The highest BCUT2D eigenvalue weighted by atomic mass is 19.1. The second-order valence-corrected chi connectivity index (χ2v) is 3.99. The van der Waals surface area contributed by atoms with Gasteiger partial charge in [0.2, 0.25) is 0 Å². The first-order chi connectivity index (χ1) is 9.63. The van der Waals surface area contributed by atoms with Crippen LogP contribution >= 0.6 is 0 Å². The maximum absolute atomic E-state index is 13.5. The summed E-state index contributed by atoms with van der Waals surface area (Å²) in [6, 6.07) is 12.3. The van der Waals surface area contributed by atoms with Gasteiger partial charge in [0.15, 0.2) is 11.6 Å². The number of hydrogen-bond donors (Lipinski definition) is 1. The number of carbonyl (C=O) groups excluding carboxylic acids is 1. The molecule has 2 aromatic carbocycles. The molecule has 1 N–H and O–H groups in total. The number of halogens is 1. The van der Waals surface area contributed by atoms with Crippen molar-refractivity contribution in [2.45, 2.75) is 0 Å². The van der Waals surface area contributed by atoms with Crippen molar-refractivity contribution in [1.29, 1.82) is 5.26 Å². The third kappa shape index (κ3) is 2.93. The number of methoxy groups -OCH3 is 1. The van der Waals surface area contributed by atoms with Gasteiger partial charge in [0, 0.05) is 11.3 Å². The van der Waals surface area contributed by atoms with E-state index in [1.54, 1.807) is 24.3 Å². The summed E-state index contributed by atoms with van der Waals surface area (Å²) < 4.78 is 18.3. The lowest BCUT2D eigenvalue weighted by Gasteiger charge is -2.07. The summed E-state index contributed by atoms with van der Waals surface area (Å²) in [4.78, 5) is 11.9. The second-order valence-electron chi connectivity index (χ2n) is 3.99. The predicted molar refractivity (Wildman–Crippen MR) is 72.1 cm³/mol. The van der Waals surface area contributed by atoms with Gasteiger partial charge in [-0.05, 0) is 42.5 Å². The Kier molecular flexibility index (Phi) is 3.96. The molecule has 0 unspecified atom stereocenters. The Morgan fingerprint density at radius 1 is 1.25 bits per heavy atom. The minimum absolute atomic E-state index is 0.0833. The molecule has 4 nitrogen and oxygen atoms in total. The van der Waals surface area contributed by atoms with E-state index in [2.05, 4.69) is 5.32 Å². The number of amides is 1. The van der Waals surface area contributed by atoms with Crippen molar-refractivity contribution in [2.75, 3.05) is 12.4 Å². The third-order valence-electron chi connectivity index (χ3n) is 2.69. The van der Waals surface area contributed by atoms with E-state index in [1.807, 2.05) is 6.07 Å². The average molecular weight is 270 g/mol. The van der Waals surface area contributed by atoms with E-state index >= 15 is 0 Å². The minimum atomic E-state index is -0.597. The quantitative estimate of drug-likeness (QED) is 0.932. The monoisotopic (exact) mass is 270 g/mol. The zero-order valence-corrected chi connectivity index (χ0v) is 10.7. The molecule has 2 aromatic rings. The third-order valence-corrected chi connectivity index (χ3v) is 2.69. The zero-order chi connectivity index (χ0) is 14.5. The molecule has 0 radical (unpaired) electrons. The van der Waals surface area contributed by atoms with Crippen LogP contribution in [0.5, 0.6) is 5.75 Å². The van der Waals surface area contributed by atoms with Crippen LogP contribution in [0.4, 0.5) is 10.1 Å². The Labute approximate surface area is 115 Å². The summed E-state index contributed by atoms with van der Waals surface area (Å²) in [6.07, 6.45) is 0. The largest absolute Gasteiger partial charge is 0.494 e. The Morgan fingerprint density at radius 2 is 1.95 bits per heavy atom. The fraction of sp³-hybridized carbons (Fsp3) is 0.0667. The maximum atomic E-state index is 13.5. The molecule has 0 aromatic heterocycles. The Bertz CT molecular complexity index is 675. The van der Waals surface area contributed by atoms with Crippen LogP contribution in [-0.4, -0.2) is 13.0 Å². The number of anilines is 1. The Balaban J connectivity index is 2.15. The number of benzene rings is 2. The van der Waals surface area contributed by atoms with Crippen molar-refractivity contribution in [3.8, 4) is 11.8 Å². The van der Waals surface area contributed by atoms with Gasteiger partial charge in [-0.2, -0.15) is 5.26 Å². The molecule has 0 aliphatic carbocycles. The highest BCUT2D eigenvalue weighted by molar-refractivity contribution is 6.04. The van der Waals surface area contributed by atoms with Crippen LogP contribution < -0.4 is 10.1 Å². The maximum Gasteiger partial charge on any atom is 0.255 e. The summed E-state index contributed by atoms with van der Waals surface area (Å²) in [5.74, 6) is -0.948. The summed E-state index contributed by atoms with van der Waals surface area (Å²) in [5.41, 5.74) is 1.22. The normalized spacial score (nSPS) is 9.65. The lowest BCUT2D eigenvalue weighted by Crippen LogP contribution is -2.12. The average Bonchev–Trinajstić information content (AvgIpc) is 2.48. The lowest BCUT2D eigenvalue weighted by molar-refractivity contribution is 0.102. The fourth-order valence-electron chi connectivity index (χ4n) is 1.64. The molecule has 0 atom stereocenters. The molecule has 5 heteroatoms. The van der Waals surface area contributed by atoms with E-state index in [1.165, 1.54) is 19.2 Å². The molecule has 0 aliphatic heterocycles. The smallest absolute Gasteiger partial charge is 0.255 e. The molecule has 0 bridgehead atoms. The Morgan fingerprint density at radius 3 is 2.50 bits per heavy atom. The molecule has 0 saturated heterocycles. The molecule has 20 heavy (non-hydrogen) atoms. The Hall–Kier alpha value is -2.87. The van der Waals surface area contributed by atoms with Crippen molar-refractivity contribution in [3.05, 3.63) is 59.4 Å². The molecular weight excluding hydrogens is 259 g/mol. The minimum Gasteiger partial charge on any atom is -0.494 e. The van der Waals surface area contributed by atoms with Crippen molar-refractivity contribution in [3.63, 3.8) is 0 Å². The van der Waals surface area contributed by atoms with Crippen LogP contribution in [0.25, 0.3) is 0 Å². The molecule has 100 valence electrons. The van der Waals surface area contributed by atoms with Gasteiger partial charge in [-0.25, -0.2) is 4.39 Å². The van der Waals surface area contributed by atoms with E-state index in [9.17, 15) is 9.18 Å². The summed E-state index contributed by atoms with van der Waals surface area (Å²) in [6.45, 7) is 0. The van der Waals surface area contributed by atoms with Crippen molar-refractivity contribution < 1.29 is 13.9 Å². The van der Waals surface area contributed by atoms with Crippen LogP contribution in [0.1, 0.15) is 15.9 Å². The number of ether oxygens (including phenoxy) is 1. The molecule has 0 spiro atoms. The van der Waals surface area contributed by atoms with Gasteiger partial charge in [-0.1, -0.05) is 0 Å². The number of nitriles is 1. The van der Waals surface area contributed by atoms with Crippen molar-refractivity contribution in [1.82, 2.24) is 0 Å². The van der Waals surface area contributed by atoms with Gasteiger partial charge in [0.1, 0.15) is 0 Å². The van der Waals surface area contributed by atoms with Crippen LogP contribution in [-0.2, 0) is 0 Å². The number of rotatable bonds is 3. The molecule has 2 rings (SSSR count). The van der Waals surface area contributed by atoms with Gasteiger partial charge in [0.05, 0.1) is 18.7 Å². The highest BCUT2D eigenvalue weighted by Gasteiger charge is 2.10. The highest BCUT2D eigenvalue weighted by Crippen LogP contribution is 2.18. The van der Waals surface area contributed by atoms with E-state index in [0.717, 1.165) is 6.07 Å². The SMILES string of the molecule is COc1ccc(C(=O)Nc2ccc(C#N)cc2)cc1F. The van der Waals surface area contributed by atoms with Crippen molar-refractivity contribution in [2.24, 2.45) is 0 Å². The molecule has 1 amide bonds. The summed E-state index contributed by atoms with van der Waals surface area (Å²) >= 11 is 0. The first kappa shape index (κ1) is 13.6. The molecule has 0 heterocycles. The van der Waals surface area contributed by atoms with E-state index in [4.69, 9.17) is 10.00 Å². The topological polar surface area (TPSA) is 62.1 Å². The van der Waals surface area contributed by atoms with Crippen LogP contribution in [0.2, 0.25) is 0 Å². The van der Waals surface area contributed by atoms with Gasteiger partial charge >= 0.3 is 0 Å². The molecule has 0 aliphatic rings. The first-order valence-corrected chi connectivity index (χ1v) is 5.79. The van der Waals surface area contributed by atoms with Crippen LogP contribution in [0, 0.1) is 17.1 Å². The van der Waals surface area contributed by atoms with Crippen molar-refractivity contribution >= 4 is 11.6 Å². The summed E-state index contributed by atoms with van der Waals surface area (Å²) in [7, 11) is 1.36. The van der Waals surface area contributed by atoms with Gasteiger partial charge in [0.25, 0.3) is 5.91 Å². The number of nitrogens with one attached hydrogen (secondary N) is 1.